The standard InChI is InChI=1S/C29H37FN6O4/c30-24-6-3-22(4-7-24)27(37)32-25-21-23(28(38)34-11-1-9-31-10-14-34)5-8-26(25)33-12-2-13-35(16-15-33)29(39)36-17-19-40-20-18-36/h3-8,21,31H,1-2,9-20H2,(H,32,37). The lowest BCUT2D eigenvalue weighted by atomic mass is 10.1. The van der Waals surface area contributed by atoms with Crippen LogP contribution in [0.25, 0.3) is 0 Å². The highest BCUT2D eigenvalue weighted by Gasteiger charge is 2.27. The summed E-state index contributed by atoms with van der Waals surface area (Å²) in [5.41, 5.74) is 2.12. The minimum atomic E-state index is -0.419. The van der Waals surface area contributed by atoms with Crippen molar-refractivity contribution in [1.29, 1.82) is 0 Å². The van der Waals surface area contributed by atoms with Crippen molar-refractivity contribution in [3.63, 3.8) is 0 Å². The van der Waals surface area contributed by atoms with Gasteiger partial charge in [-0.25, -0.2) is 9.18 Å². The van der Waals surface area contributed by atoms with Crippen LogP contribution in [0.3, 0.4) is 0 Å². The fourth-order valence-electron chi connectivity index (χ4n) is 5.38. The van der Waals surface area contributed by atoms with E-state index in [1.165, 1.54) is 24.3 Å². The molecule has 214 valence electrons. The summed E-state index contributed by atoms with van der Waals surface area (Å²) in [6.07, 6.45) is 1.65. The number of hydrogen-bond donors (Lipinski definition) is 2. The largest absolute Gasteiger partial charge is 0.378 e. The molecule has 0 spiro atoms. The first-order valence-corrected chi connectivity index (χ1v) is 14.1. The number of hydrogen-bond acceptors (Lipinski definition) is 6. The van der Waals surface area contributed by atoms with Crippen molar-refractivity contribution in [2.75, 3.05) is 88.9 Å². The summed E-state index contributed by atoms with van der Waals surface area (Å²) in [4.78, 5) is 47.3. The highest BCUT2D eigenvalue weighted by atomic mass is 19.1. The van der Waals surface area contributed by atoms with Gasteiger partial charge in [0.05, 0.1) is 24.6 Å². The third-order valence-corrected chi connectivity index (χ3v) is 7.61. The molecule has 3 heterocycles. The van der Waals surface area contributed by atoms with Gasteiger partial charge in [-0.1, -0.05) is 0 Å². The summed E-state index contributed by atoms with van der Waals surface area (Å²) in [6.45, 7) is 7.69. The van der Waals surface area contributed by atoms with Gasteiger partial charge in [-0.2, -0.15) is 0 Å². The third-order valence-electron chi connectivity index (χ3n) is 7.61. The van der Waals surface area contributed by atoms with Crippen molar-refractivity contribution in [2.24, 2.45) is 0 Å². The molecular weight excluding hydrogens is 515 g/mol. The number of benzene rings is 2. The van der Waals surface area contributed by atoms with Gasteiger partial charge in [0, 0.05) is 70.0 Å². The second kappa shape index (κ2) is 13.1. The van der Waals surface area contributed by atoms with E-state index in [1.54, 1.807) is 6.07 Å². The lowest BCUT2D eigenvalue weighted by Gasteiger charge is -2.32. The molecule has 3 saturated heterocycles. The molecule has 0 unspecified atom stereocenters. The molecular formula is C29H37FN6O4. The number of nitrogens with zero attached hydrogens (tertiary/aromatic N) is 4. The van der Waals surface area contributed by atoms with E-state index < -0.39 is 5.82 Å². The molecule has 3 fully saturated rings. The minimum absolute atomic E-state index is 0.0304. The van der Waals surface area contributed by atoms with Gasteiger partial charge >= 0.3 is 6.03 Å². The highest BCUT2D eigenvalue weighted by molar-refractivity contribution is 6.07. The molecule has 2 aromatic rings. The van der Waals surface area contributed by atoms with E-state index in [9.17, 15) is 18.8 Å². The molecule has 40 heavy (non-hydrogen) atoms. The van der Waals surface area contributed by atoms with Crippen LogP contribution in [0.2, 0.25) is 0 Å². The Hall–Kier alpha value is -3.70. The molecule has 10 nitrogen and oxygen atoms in total. The Kier molecular flexibility index (Phi) is 9.12. The Balaban J connectivity index is 1.37. The number of anilines is 2. The molecule has 4 amide bonds. The molecule has 0 saturated carbocycles. The quantitative estimate of drug-likeness (QED) is 0.605. The molecule has 0 radical (unpaired) electrons. The fraction of sp³-hybridized carbons (Fsp3) is 0.483. The molecule has 11 heteroatoms. The predicted octanol–water partition coefficient (Wildman–Crippen LogP) is 2.48. The lowest BCUT2D eigenvalue weighted by molar-refractivity contribution is 0.0438. The number of nitrogens with one attached hydrogen (secondary N) is 2. The minimum Gasteiger partial charge on any atom is -0.378 e. The van der Waals surface area contributed by atoms with Gasteiger partial charge in [-0.05, 0) is 61.9 Å². The zero-order chi connectivity index (χ0) is 27.9. The number of rotatable bonds is 4. The van der Waals surface area contributed by atoms with Gasteiger partial charge in [0.2, 0.25) is 0 Å². The predicted molar refractivity (Wildman–Crippen MR) is 150 cm³/mol. The summed E-state index contributed by atoms with van der Waals surface area (Å²) in [5, 5.41) is 6.28. The van der Waals surface area contributed by atoms with E-state index in [0.29, 0.717) is 82.4 Å². The zero-order valence-corrected chi connectivity index (χ0v) is 22.7. The van der Waals surface area contributed by atoms with Crippen LogP contribution in [-0.2, 0) is 4.74 Å². The number of amides is 4. The van der Waals surface area contributed by atoms with Gasteiger partial charge in [0.1, 0.15) is 5.82 Å². The number of ether oxygens (including phenoxy) is 1. The molecule has 2 N–H and O–H groups in total. The van der Waals surface area contributed by atoms with Gasteiger partial charge in [0.25, 0.3) is 11.8 Å². The topological polar surface area (TPSA) is 97.5 Å². The SMILES string of the molecule is O=C(Nc1cc(C(=O)N2CCCNCC2)ccc1N1CCCN(C(=O)N2CCOCC2)CC1)c1ccc(F)cc1. The first kappa shape index (κ1) is 27.9. The number of urea groups is 1. The average molecular weight is 553 g/mol. The molecule has 0 bridgehead atoms. The summed E-state index contributed by atoms with van der Waals surface area (Å²) in [7, 11) is 0. The van der Waals surface area contributed by atoms with Gasteiger partial charge in [-0.3, -0.25) is 9.59 Å². The van der Waals surface area contributed by atoms with Crippen molar-refractivity contribution >= 4 is 29.2 Å². The van der Waals surface area contributed by atoms with E-state index in [-0.39, 0.29) is 17.8 Å². The van der Waals surface area contributed by atoms with Crippen LogP contribution in [0.4, 0.5) is 20.6 Å². The van der Waals surface area contributed by atoms with Gasteiger partial charge in [-0.15, -0.1) is 0 Å². The first-order valence-electron chi connectivity index (χ1n) is 14.1. The van der Waals surface area contributed by atoms with Crippen LogP contribution in [-0.4, -0.2) is 111 Å². The van der Waals surface area contributed by atoms with E-state index >= 15 is 0 Å². The number of halogens is 1. The number of morpholine rings is 1. The van der Waals surface area contributed by atoms with Crippen LogP contribution in [0.5, 0.6) is 0 Å². The summed E-state index contributed by atoms with van der Waals surface area (Å²) < 4.78 is 18.8. The van der Waals surface area contributed by atoms with Crippen LogP contribution >= 0.6 is 0 Å². The third kappa shape index (κ3) is 6.71. The first-order chi connectivity index (χ1) is 19.5. The molecule has 3 aliphatic heterocycles. The molecule has 5 rings (SSSR count). The van der Waals surface area contributed by atoms with E-state index in [4.69, 9.17) is 4.74 Å². The smallest absolute Gasteiger partial charge is 0.320 e. The van der Waals surface area contributed by atoms with Crippen LogP contribution in [0.1, 0.15) is 33.6 Å². The molecule has 3 aliphatic rings. The number of carbonyl (C=O) groups excluding carboxylic acids is 3. The summed E-state index contributed by atoms with van der Waals surface area (Å²) in [6, 6.07) is 10.8. The molecule has 0 aliphatic carbocycles. The van der Waals surface area contributed by atoms with Gasteiger partial charge < -0.3 is 35.0 Å². The van der Waals surface area contributed by atoms with Crippen molar-refractivity contribution in [2.45, 2.75) is 12.8 Å². The van der Waals surface area contributed by atoms with E-state index in [0.717, 1.165) is 31.6 Å². The summed E-state index contributed by atoms with van der Waals surface area (Å²) >= 11 is 0. The molecule has 0 atom stereocenters. The molecule has 2 aromatic carbocycles. The van der Waals surface area contributed by atoms with Gasteiger partial charge in [0.15, 0.2) is 0 Å². The monoisotopic (exact) mass is 552 g/mol. The fourth-order valence-corrected chi connectivity index (χ4v) is 5.38. The van der Waals surface area contributed by atoms with Crippen molar-refractivity contribution in [1.82, 2.24) is 20.0 Å². The Labute approximate surface area is 234 Å². The van der Waals surface area contributed by atoms with Crippen molar-refractivity contribution in [3.05, 3.63) is 59.4 Å². The van der Waals surface area contributed by atoms with Crippen LogP contribution in [0.15, 0.2) is 42.5 Å². The van der Waals surface area contributed by atoms with Crippen molar-refractivity contribution in [3.8, 4) is 0 Å². The maximum atomic E-state index is 13.5. The molecule has 0 aromatic heterocycles. The lowest BCUT2D eigenvalue weighted by Crippen LogP contribution is -2.49. The highest BCUT2D eigenvalue weighted by Crippen LogP contribution is 2.30. The van der Waals surface area contributed by atoms with Crippen LogP contribution in [0, 0.1) is 5.82 Å². The Morgan fingerprint density at radius 3 is 2.27 bits per heavy atom. The van der Waals surface area contributed by atoms with E-state index in [2.05, 4.69) is 15.5 Å². The normalized spacial score (nSPS) is 18.6. The maximum Gasteiger partial charge on any atom is 0.320 e. The Morgan fingerprint density at radius 1 is 0.750 bits per heavy atom. The van der Waals surface area contributed by atoms with Crippen molar-refractivity contribution < 1.29 is 23.5 Å². The second-order valence-corrected chi connectivity index (χ2v) is 10.3. The Bertz CT molecular complexity index is 1200. The summed E-state index contributed by atoms with van der Waals surface area (Å²) in [5.74, 6) is -0.882. The maximum absolute atomic E-state index is 13.5. The average Bonchev–Trinajstić information content (AvgIpc) is 3.41. The Morgan fingerprint density at radius 2 is 1.48 bits per heavy atom. The zero-order valence-electron chi connectivity index (χ0n) is 22.7. The number of carbonyl (C=O) groups is 3. The van der Waals surface area contributed by atoms with Crippen LogP contribution < -0.4 is 15.5 Å². The van der Waals surface area contributed by atoms with E-state index in [1.807, 2.05) is 26.8 Å². The second-order valence-electron chi connectivity index (χ2n) is 10.3.